The van der Waals surface area contributed by atoms with Crippen molar-refractivity contribution >= 4 is 20.7 Å². The van der Waals surface area contributed by atoms with Crippen molar-refractivity contribution in [3.05, 3.63) is 0 Å². The van der Waals surface area contributed by atoms with Crippen molar-refractivity contribution in [2.45, 2.75) is 75.0 Å². The van der Waals surface area contributed by atoms with Gasteiger partial charge in [0.1, 0.15) is 0 Å². The van der Waals surface area contributed by atoms with Gasteiger partial charge in [-0.15, -0.1) is 0 Å². The third-order valence-electron chi connectivity index (χ3n) is 6.46. The van der Waals surface area contributed by atoms with Gasteiger partial charge in [0, 0.05) is 0 Å². The predicted octanol–water partition coefficient (Wildman–Crippen LogP) is 3.23. The van der Waals surface area contributed by atoms with Crippen molar-refractivity contribution in [2.75, 3.05) is 0 Å². The third-order valence-corrected chi connectivity index (χ3v) is 10.1. The van der Waals surface area contributed by atoms with Crippen molar-refractivity contribution in [1.29, 1.82) is 0 Å². The molecular weight excluding hydrogens is 303 g/mol. The molecule has 3 aliphatic rings. The number of hydrogen-bond acceptors (Lipinski definition) is 2. The van der Waals surface area contributed by atoms with E-state index in [1.54, 1.807) is 0 Å². The summed E-state index contributed by atoms with van der Waals surface area (Å²) in [6, 6.07) is 0. The van der Waals surface area contributed by atoms with E-state index in [0.717, 1.165) is 19.3 Å². The van der Waals surface area contributed by atoms with Gasteiger partial charge in [0.2, 0.25) is 0 Å². The predicted molar refractivity (Wildman–Crippen MR) is 77.3 cm³/mol. The summed E-state index contributed by atoms with van der Waals surface area (Å²) < 4.78 is 0. The molecule has 3 heteroatoms. The molecule has 0 saturated heterocycles. The monoisotopic (exact) mass is 330 g/mol. The van der Waals surface area contributed by atoms with Gasteiger partial charge in [-0.25, -0.2) is 0 Å². The topological polar surface area (TPSA) is 37.3 Å². The van der Waals surface area contributed by atoms with E-state index in [1.807, 2.05) is 0 Å². The number of rotatable bonds is 2. The van der Waals surface area contributed by atoms with Crippen LogP contribution < -0.4 is 0 Å². The summed E-state index contributed by atoms with van der Waals surface area (Å²) in [5.74, 6) is 1.12. The van der Waals surface area contributed by atoms with Gasteiger partial charge < -0.3 is 0 Å². The van der Waals surface area contributed by atoms with E-state index in [2.05, 4.69) is 20.8 Å². The zero-order valence-corrected chi connectivity index (χ0v) is 14.0. The third kappa shape index (κ3) is 1.88. The number of Topliss-reactive ketones (excluding diaryl/α,β-unsaturated/α-hetero) is 1. The molecule has 1 N–H and O–H groups in total. The summed E-state index contributed by atoms with van der Waals surface area (Å²) in [5.41, 5.74) is 0.0970. The van der Waals surface area contributed by atoms with E-state index in [9.17, 15) is 9.90 Å². The molecule has 0 aliphatic heterocycles. The van der Waals surface area contributed by atoms with Gasteiger partial charge in [0.25, 0.3) is 0 Å². The zero-order chi connectivity index (χ0) is 13.8. The van der Waals surface area contributed by atoms with Crippen LogP contribution in [-0.2, 0) is 4.79 Å². The minimum absolute atomic E-state index is 0.0797. The van der Waals surface area contributed by atoms with Crippen LogP contribution in [0.1, 0.15) is 59.3 Å². The second-order valence-corrected chi connectivity index (χ2v) is 10.4. The summed E-state index contributed by atoms with van der Waals surface area (Å²) in [6.07, 6.45) is 6.70. The fourth-order valence-corrected chi connectivity index (χ4v) is 8.88. The van der Waals surface area contributed by atoms with Gasteiger partial charge >= 0.3 is 122 Å². The van der Waals surface area contributed by atoms with Gasteiger partial charge in [-0.2, -0.15) is 0 Å². The van der Waals surface area contributed by atoms with Crippen LogP contribution >= 0.6 is 0 Å². The Kier molecular flexibility index (Phi) is 3.40. The van der Waals surface area contributed by atoms with Crippen LogP contribution in [0.4, 0.5) is 0 Å². The quantitative estimate of drug-likeness (QED) is 0.790. The zero-order valence-electron chi connectivity index (χ0n) is 12.3. The number of ketones is 1. The first-order valence-corrected chi connectivity index (χ1v) is 9.73. The first-order valence-electron chi connectivity index (χ1n) is 7.76. The number of carbonyl (C=O) groups is 1. The normalized spacial score (nSPS) is 48.7. The fourth-order valence-electron chi connectivity index (χ4n) is 4.58. The molecule has 2 bridgehead atoms. The summed E-state index contributed by atoms with van der Waals surface area (Å²) in [7, 11) is 0. The van der Waals surface area contributed by atoms with Crippen molar-refractivity contribution in [2.24, 2.45) is 16.7 Å². The SMILES string of the molecule is CC1(C)[C@@H]2CC[C@@]1(C)C(=O)[C@H]2[Se]C1CCCCC1O. The standard InChI is InChI=1S/C16H26O2Se/c1-15(2)10-8-9-16(15,3)14(18)13(10)19-12-7-5-4-6-11(12)17/h10-13,17H,4-9H2,1-3H3/t10-,11?,12?,13+,16+/m1/s1. The molecule has 0 radical (unpaired) electrons. The maximum atomic E-state index is 12.8. The second-order valence-electron chi connectivity index (χ2n) is 7.51. The fraction of sp³-hybridized carbons (Fsp3) is 0.938. The van der Waals surface area contributed by atoms with E-state index >= 15 is 0 Å². The second kappa shape index (κ2) is 4.58. The molecule has 3 fully saturated rings. The molecule has 5 atom stereocenters. The first-order chi connectivity index (χ1) is 8.88. The summed E-state index contributed by atoms with van der Waals surface area (Å²) in [6.45, 7) is 6.80. The van der Waals surface area contributed by atoms with Crippen LogP contribution in [0.2, 0.25) is 9.63 Å². The molecule has 19 heavy (non-hydrogen) atoms. The summed E-state index contributed by atoms with van der Waals surface area (Å²) >= 11 is 0.303. The number of aliphatic hydroxyl groups is 1. The van der Waals surface area contributed by atoms with Crippen molar-refractivity contribution in [3.8, 4) is 0 Å². The molecule has 0 aromatic heterocycles. The first kappa shape index (κ1) is 14.1. The summed E-state index contributed by atoms with van der Waals surface area (Å²) in [4.78, 5) is 13.5. The molecular formula is C16H26O2Se. The molecule has 2 nitrogen and oxygen atoms in total. The number of carbonyl (C=O) groups excluding carboxylic acids is 1. The van der Waals surface area contributed by atoms with E-state index in [4.69, 9.17) is 0 Å². The minimum atomic E-state index is -0.128. The van der Waals surface area contributed by atoms with Crippen molar-refractivity contribution in [1.82, 2.24) is 0 Å². The van der Waals surface area contributed by atoms with Gasteiger partial charge in [0.15, 0.2) is 0 Å². The average molecular weight is 329 g/mol. The maximum absolute atomic E-state index is 12.8. The Hall–Kier alpha value is 0.149. The number of fused-ring (bicyclic) bond motifs is 2. The molecule has 108 valence electrons. The Morgan fingerprint density at radius 1 is 1.16 bits per heavy atom. The Labute approximate surface area is 122 Å². The Morgan fingerprint density at radius 2 is 1.84 bits per heavy atom. The van der Waals surface area contributed by atoms with Crippen LogP contribution in [-0.4, -0.2) is 32.0 Å². The molecule has 3 rings (SSSR count). The average Bonchev–Trinajstić information content (AvgIpc) is 2.66. The Balaban J connectivity index is 1.78. The summed E-state index contributed by atoms with van der Waals surface area (Å²) in [5, 5.41) is 10.2. The van der Waals surface area contributed by atoms with Gasteiger partial charge in [-0.3, -0.25) is 0 Å². The molecule has 0 aromatic rings. The number of aliphatic hydroxyl groups excluding tert-OH is 1. The molecule has 0 spiro atoms. The van der Waals surface area contributed by atoms with E-state index in [-0.39, 0.29) is 16.9 Å². The van der Waals surface area contributed by atoms with Crippen LogP contribution in [0.3, 0.4) is 0 Å². The van der Waals surface area contributed by atoms with Crippen LogP contribution in [0, 0.1) is 16.7 Å². The molecule has 3 saturated carbocycles. The Bertz CT molecular complexity index is 392. The molecule has 0 aromatic carbocycles. The van der Waals surface area contributed by atoms with E-state index in [1.165, 1.54) is 19.3 Å². The number of hydrogen-bond donors (Lipinski definition) is 1. The van der Waals surface area contributed by atoms with Gasteiger partial charge in [-0.05, 0) is 0 Å². The van der Waals surface area contributed by atoms with Crippen LogP contribution in [0.15, 0.2) is 0 Å². The molecule has 0 heterocycles. The molecule has 0 amide bonds. The van der Waals surface area contributed by atoms with Crippen LogP contribution in [0.25, 0.3) is 0 Å². The van der Waals surface area contributed by atoms with Gasteiger partial charge in [0.05, 0.1) is 0 Å². The Morgan fingerprint density at radius 3 is 2.42 bits per heavy atom. The van der Waals surface area contributed by atoms with Crippen molar-refractivity contribution in [3.63, 3.8) is 0 Å². The van der Waals surface area contributed by atoms with Crippen LogP contribution in [0.5, 0.6) is 0 Å². The van der Waals surface area contributed by atoms with Gasteiger partial charge in [-0.1, -0.05) is 0 Å². The van der Waals surface area contributed by atoms with E-state index in [0.29, 0.717) is 36.3 Å². The van der Waals surface area contributed by atoms with E-state index < -0.39 is 0 Å². The van der Waals surface area contributed by atoms with Crippen molar-refractivity contribution < 1.29 is 9.90 Å². The molecule has 3 aliphatic carbocycles. The molecule has 2 unspecified atom stereocenters.